The van der Waals surface area contributed by atoms with Crippen LogP contribution in [0.5, 0.6) is 0 Å². The second-order valence-corrected chi connectivity index (χ2v) is 18.3. The number of carbonyl (C=O) groups excluding carboxylic acids is 4. The van der Waals surface area contributed by atoms with Crippen LogP contribution in [0.1, 0.15) is 180 Å². The standard InChI is InChI=1S/C50H93N5O13/c1-2-3-20-29-51-46(58)39-67-36-35-66-33-31-53-47(59)40-68-37-34-65-32-30-52-45(57)28-27-43(50(63)64)55-49(62)42-25-23-41(24-26-42)38-54-44(56)21-18-16-14-12-10-8-6-4-5-7-9-11-13-15-17-19-22-48(60)61/h41-43,45,52,57H,2-40H2,1H3,(H,51,58)(H,53,59)(H,54,56)(H,55,62)(H,60,61)(H,63,64). The van der Waals surface area contributed by atoms with Gasteiger partial charge in [0.2, 0.25) is 23.6 Å². The van der Waals surface area contributed by atoms with E-state index < -0.39 is 24.2 Å². The van der Waals surface area contributed by atoms with Crippen molar-refractivity contribution in [2.45, 2.75) is 193 Å². The molecule has 2 atom stereocenters. The molecule has 0 bridgehead atoms. The second kappa shape index (κ2) is 44.8. The number of carboxylic acid groups (broad SMARTS) is 2. The van der Waals surface area contributed by atoms with Crippen molar-refractivity contribution in [1.82, 2.24) is 26.6 Å². The highest BCUT2D eigenvalue weighted by Gasteiger charge is 2.30. The Balaban J connectivity index is 1.98. The van der Waals surface area contributed by atoms with E-state index in [9.17, 15) is 39.0 Å². The Kier molecular flexibility index (Phi) is 41.2. The summed E-state index contributed by atoms with van der Waals surface area (Å²) in [5.74, 6) is -2.48. The van der Waals surface area contributed by atoms with Crippen molar-refractivity contribution in [2.75, 3.05) is 79.0 Å². The van der Waals surface area contributed by atoms with Crippen LogP contribution in [0.4, 0.5) is 0 Å². The van der Waals surface area contributed by atoms with Gasteiger partial charge in [-0.15, -0.1) is 0 Å². The van der Waals surface area contributed by atoms with Gasteiger partial charge in [0.15, 0.2) is 0 Å². The highest BCUT2D eigenvalue weighted by Crippen LogP contribution is 2.29. The number of aliphatic hydroxyl groups excluding tert-OH is 1. The molecule has 1 aliphatic rings. The Bertz CT molecular complexity index is 1300. The lowest BCUT2D eigenvalue weighted by atomic mass is 9.81. The fourth-order valence-corrected chi connectivity index (χ4v) is 8.02. The van der Waals surface area contributed by atoms with Gasteiger partial charge >= 0.3 is 11.9 Å². The molecule has 0 aromatic rings. The van der Waals surface area contributed by atoms with Gasteiger partial charge < -0.3 is 55.5 Å². The van der Waals surface area contributed by atoms with Crippen LogP contribution in [-0.4, -0.2) is 142 Å². The first-order valence-corrected chi connectivity index (χ1v) is 26.3. The quantitative estimate of drug-likeness (QED) is 0.0266. The van der Waals surface area contributed by atoms with E-state index in [0.29, 0.717) is 71.0 Å². The van der Waals surface area contributed by atoms with Gasteiger partial charge in [0.05, 0.1) is 39.6 Å². The van der Waals surface area contributed by atoms with Gasteiger partial charge in [-0.05, 0) is 63.7 Å². The Hall–Kier alpha value is -3.42. The molecule has 0 heterocycles. The minimum atomic E-state index is -1.15. The van der Waals surface area contributed by atoms with E-state index in [1.54, 1.807) is 0 Å². The summed E-state index contributed by atoms with van der Waals surface area (Å²) in [5.41, 5.74) is 0. The van der Waals surface area contributed by atoms with E-state index in [-0.39, 0.29) is 82.0 Å². The number of hydrogen-bond acceptors (Lipinski definition) is 12. The van der Waals surface area contributed by atoms with Gasteiger partial charge in [-0.1, -0.05) is 110 Å². The molecule has 0 saturated heterocycles. The Morgan fingerprint density at radius 2 is 1.00 bits per heavy atom. The maximum atomic E-state index is 13.0. The zero-order valence-electron chi connectivity index (χ0n) is 41.8. The third-order valence-corrected chi connectivity index (χ3v) is 12.2. The molecule has 68 heavy (non-hydrogen) atoms. The van der Waals surface area contributed by atoms with Crippen molar-refractivity contribution >= 4 is 35.6 Å². The Morgan fingerprint density at radius 1 is 0.515 bits per heavy atom. The summed E-state index contributed by atoms with van der Waals surface area (Å²) in [4.78, 5) is 71.5. The Morgan fingerprint density at radius 3 is 1.51 bits per heavy atom. The predicted molar refractivity (Wildman–Crippen MR) is 261 cm³/mol. The second-order valence-electron chi connectivity index (χ2n) is 18.3. The van der Waals surface area contributed by atoms with E-state index in [1.807, 2.05) is 0 Å². The number of hydrogen-bond donors (Lipinski definition) is 8. The minimum absolute atomic E-state index is 0.00798. The average Bonchev–Trinajstić information content (AvgIpc) is 3.32. The monoisotopic (exact) mass is 972 g/mol. The minimum Gasteiger partial charge on any atom is -0.481 e. The van der Waals surface area contributed by atoms with Crippen molar-refractivity contribution in [2.24, 2.45) is 11.8 Å². The zero-order valence-corrected chi connectivity index (χ0v) is 41.8. The molecule has 0 spiro atoms. The summed E-state index contributed by atoms with van der Waals surface area (Å²) in [7, 11) is 0. The highest BCUT2D eigenvalue weighted by atomic mass is 16.5. The number of unbranched alkanes of at least 4 members (excludes halogenated alkanes) is 17. The molecular formula is C50H93N5O13. The van der Waals surface area contributed by atoms with Crippen molar-refractivity contribution in [1.29, 1.82) is 0 Å². The number of aliphatic hydroxyl groups is 1. The molecule has 396 valence electrons. The van der Waals surface area contributed by atoms with E-state index in [4.69, 9.17) is 24.1 Å². The van der Waals surface area contributed by atoms with Crippen molar-refractivity contribution in [3.8, 4) is 0 Å². The molecule has 1 saturated carbocycles. The van der Waals surface area contributed by atoms with Crippen molar-refractivity contribution in [3.05, 3.63) is 0 Å². The van der Waals surface area contributed by atoms with E-state index in [0.717, 1.165) is 70.6 Å². The molecule has 0 aromatic carbocycles. The summed E-state index contributed by atoms with van der Waals surface area (Å²) in [5, 5.41) is 42.8. The van der Waals surface area contributed by atoms with Crippen LogP contribution < -0.4 is 26.6 Å². The maximum Gasteiger partial charge on any atom is 0.326 e. The smallest absolute Gasteiger partial charge is 0.326 e. The number of rotatable bonds is 48. The topological polar surface area (TPSA) is 260 Å². The molecule has 18 nitrogen and oxygen atoms in total. The van der Waals surface area contributed by atoms with Crippen LogP contribution in [0.15, 0.2) is 0 Å². The summed E-state index contributed by atoms with van der Waals surface area (Å²) in [6, 6.07) is -1.12. The number of carboxylic acids is 2. The van der Waals surface area contributed by atoms with Crippen LogP contribution in [0.3, 0.4) is 0 Å². The molecular weight excluding hydrogens is 879 g/mol. The third kappa shape index (κ3) is 39.4. The van der Waals surface area contributed by atoms with E-state index >= 15 is 0 Å². The van der Waals surface area contributed by atoms with Crippen molar-refractivity contribution in [3.63, 3.8) is 0 Å². The van der Waals surface area contributed by atoms with Crippen LogP contribution in [0.25, 0.3) is 0 Å². The molecule has 2 unspecified atom stereocenters. The Labute approximate surface area is 407 Å². The number of aliphatic carboxylic acids is 2. The first-order valence-electron chi connectivity index (χ1n) is 26.3. The largest absolute Gasteiger partial charge is 0.481 e. The first kappa shape index (κ1) is 62.6. The highest BCUT2D eigenvalue weighted by molar-refractivity contribution is 5.85. The van der Waals surface area contributed by atoms with Crippen LogP contribution in [-0.2, 0) is 47.7 Å². The molecule has 0 aromatic heterocycles. The summed E-state index contributed by atoms with van der Waals surface area (Å²) >= 11 is 0. The molecule has 1 fully saturated rings. The molecule has 8 N–H and O–H groups in total. The predicted octanol–water partition coefficient (Wildman–Crippen LogP) is 5.76. The van der Waals surface area contributed by atoms with Crippen LogP contribution >= 0.6 is 0 Å². The lowest BCUT2D eigenvalue weighted by Gasteiger charge is -2.29. The maximum absolute atomic E-state index is 13.0. The zero-order chi connectivity index (χ0) is 49.7. The number of nitrogens with one attached hydrogen (secondary N) is 5. The van der Waals surface area contributed by atoms with Crippen LogP contribution in [0, 0.1) is 11.8 Å². The molecule has 18 heteroatoms. The normalized spacial score (nSPS) is 15.6. The number of ether oxygens (including phenoxy) is 4. The third-order valence-electron chi connectivity index (χ3n) is 12.2. The molecule has 4 amide bonds. The van der Waals surface area contributed by atoms with E-state index in [1.165, 1.54) is 64.2 Å². The molecule has 0 aliphatic heterocycles. The summed E-state index contributed by atoms with van der Waals surface area (Å²) in [6.45, 7) is 5.40. The van der Waals surface area contributed by atoms with Gasteiger partial charge in [0.25, 0.3) is 0 Å². The average molecular weight is 972 g/mol. The fourth-order valence-electron chi connectivity index (χ4n) is 8.02. The van der Waals surface area contributed by atoms with Gasteiger partial charge in [-0.3, -0.25) is 29.3 Å². The molecule has 0 radical (unpaired) electrons. The lowest BCUT2D eigenvalue weighted by molar-refractivity contribution is -0.143. The van der Waals surface area contributed by atoms with Gasteiger partial charge in [-0.2, -0.15) is 0 Å². The van der Waals surface area contributed by atoms with Gasteiger partial charge in [0, 0.05) is 44.9 Å². The van der Waals surface area contributed by atoms with Crippen LogP contribution in [0.2, 0.25) is 0 Å². The van der Waals surface area contributed by atoms with Crippen molar-refractivity contribution < 1.29 is 63.0 Å². The lowest BCUT2D eigenvalue weighted by Crippen LogP contribution is -2.45. The summed E-state index contributed by atoms with van der Waals surface area (Å²) < 4.78 is 21.4. The fraction of sp³-hybridized carbons (Fsp3) is 0.880. The summed E-state index contributed by atoms with van der Waals surface area (Å²) in [6.07, 6.45) is 24.8. The van der Waals surface area contributed by atoms with Gasteiger partial charge in [-0.25, -0.2) is 4.79 Å². The van der Waals surface area contributed by atoms with Gasteiger partial charge in [0.1, 0.15) is 25.5 Å². The van der Waals surface area contributed by atoms with E-state index in [2.05, 4.69) is 33.5 Å². The first-order chi connectivity index (χ1) is 33.0. The SMILES string of the molecule is CCCCCNC(=O)COCCOCCNC(=O)COCCOCCNC(O)CCC(NC(=O)C1CCC(CNC(=O)CCCCCCCCCCCCCCCCCCC(=O)O)CC1)C(=O)O. The number of amides is 4. The number of carbonyl (C=O) groups is 6. The molecule has 1 rings (SSSR count). The molecule has 1 aliphatic carbocycles.